The molecule has 2 rings (SSSR count). The topological polar surface area (TPSA) is 34.1 Å². The maximum atomic E-state index is 11.3. The van der Waals surface area contributed by atoms with Gasteiger partial charge < -0.3 is 0 Å². The molecule has 1 saturated heterocycles. The summed E-state index contributed by atoms with van der Waals surface area (Å²) >= 11 is 0. The zero-order valence-corrected chi connectivity index (χ0v) is 6.57. The molecule has 2 heterocycles. The molecule has 3 heteroatoms. The Morgan fingerprint density at radius 1 is 1.09 bits per heavy atom. The van der Waals surface area contributed by atoms with E-state index >= 15 is 0 Å². The molecule has 2 atom stereocenters. The van der Waals surface area contributed by atoms with Crippen LogP contribution >= 0.6 is 0 Å². The molecule has 2 aliphatic rings. The smallest absolute Gasteiger partial charge is 0.226 e. The van der Waals surface area contributed by atoms with Gasteiger partial charge in [0, 0.05) is 0 Å². The second-order valence-corrected chi connectivity index (χ2v) is 3.27. The summed E-state index contributed by atoms with van der Waals surface area (Å²) in [5, 5.41) is 0. The lowest BCUT2D eigenvalue weighted by atomic mass is 10.4. The minimum atomic E-state index is -0.0463. The van der Waals surface area contributed by atoms with Gasteiger partial charge in [-0.3, -0.25) is 0 Å². The van der Waals surface area contributed by atoms with E-state index in [0.29, 0.717) is 0 Å². The monoisotopic (exact) mass is 152 g/mol. The number of carbonyl (C=O) groups is 2. The fraction of sp³-hybridized carbons (Fsp3) is 0.500. The molecule has 0 aromatic rings. The second-order valence-electron chi connectivity index (χ2n) is 3.27. The van der Waals surface area contributed by atoms with E-state index in [-0.39, 0.29) is 28.4 Å². The van der Waals surface area contributed by atoms with E-state index in [2.05, 4.69) is 0 Å². The Morgan fingerprint density at radius 3 is 1.64 bits per heavy atom. The number of hydrogen-bond acceptors (Lipinski definition) is 2. The highest BCUT2D eigenvalue weighted by molar-refractivity contribution is 6.05. The molecule has 0 aliphatic carbocycles. The van der Waals surface area contributed by atoms with Crippen LogP contribution in [-0.2, 0) is 9.59 Å². The summed E-state index contributed by atoms with van der Waals surface area (Å²) in [5.74, 6) is -0.0926. The molecule has 0 radical (unpaired) electrons. The van der Waals surface area contributed by atoms with Crippen molar-refractivity contribution in [3.63, 3.8) is 0 Å². The molecule has 58 valence electrons. The quantitative estimate of drug-likeness (QED) is 0.282. The van der Waals surface area contributed by atoms with E-state index in [4.69, 9.17) is 0 Å². The SMILES string of the molecule is CC1[C@H](C)[N+]12C(=O)C=CC2=O. The van der Waals surface area contributed by atoms with Crippen molar-refractivity contribution in [2.45, 2.75) is 25.9 Å². The van der Waals surface area contributed by atoms with Gasteiger partial charge in [-0.1, -0.05) is 0 Å². The van der Waals surface area contributed by atoms with Crippen LogP contribution in [0.15, 0.2) is 12.2 Å². The number of imide groups is 1. The average Bonchev–Trinajstić information content (AvgIpc) is 2.36. The van der Waals surface area contributed by atoms with Gasteiger partial charge in [-0.15, -0.1) is 0 Å². The second kappa shape index (κ2) is 1.61. The minimum absolute atomic E-state index is 0.0463. The van der Waals surface area contributed by atoms with E-state index in [0.717, 1.165) is 0 Å². The van der Waals surface area contributed by atoms with E-state index in [9.17, 15) is 9.59 Å². The lowest BCUT2D eigenvalue weighted by Crippen LogP contribution is -2.36. The molecule has 3 nitrogen and oxygen atoms in total. The van der Waals surface area contributed by atoms with Crippen LogP contribution in [0.5, 0.6) is 0 Å². The summed E-state index contributed by atoms with van der Waals surface area (Å²) in [6.07, 6.45) is 2.78. The third-order valence-corrected chi connectivity index (χ3v) is 2.99. The zero-order chi connectivity index (χ0) is 8.22. The lowest BCUT2D eigenvalue weighted by Gasteiger charge is -2.05. The highest BCUT2D eigenvalue weighted by Crippen LogP contribution is 2.43. The zero-order valence-electron chi connectivity index (χ0n) is 6.57. The normalized spacial score (nSPS) is 38.7. The van der Waals surface area contributed by atoms with Crippen LogP contribution in [0.3, 0.4) is 0 Å². The third kappa shape index (κ3) is 0.496. The molecule has 0 saturated carbocycles. The number of amides is 2. The van der Waals surface area contributed by atoms with Gasteiger partial charge in [-0.2, -0.15) is 4.48 Å². The van der Waals surface area contributed by atoms with Crippen LogP contribution < -0.4 is 0 Å². The Labute approximate surface area is 64.9 Å². The van der Waals surface area contributed by atoms with Crippen molar-refractivity contribution in [1.29, 1.82) is 0 Å². The molecule has 1 spiro atoms. The van der Waals surface area contributed by atoms with Crippen molar-refractivity contribution < 1.29 is 14.1 Å². The molecule has 0 aromatic carbocycles. The Bertz CT molecular complexity index is 252. The number of nitrogens with zero attached hydrogens (tertiary/aromatic N) is 1. The van der Waals surface area contributed by atoms with Crippen molar-refractivity contribution in [3.8, 4) is 0 Å². The first-order valence-electron chi connectivity index (χ1n) is 3.77. The molecule has 0 bridgehead atoms. The average molecular weight is 152 g/mol. The predicted molar refractivity (Wildman–Crippen MR) is 38.3 cm³/mol. The van der Waals surface area contributed by atoms with Crippen molar-refractivity contribution in [2.75, 3.05) is 0 Å². The molecular formula is C8H10NO2+. The van der Waals surface area contributed by atoms with Crippen LogP contribution in [0.25, 0.3) is 0 Å². The summed E-state index contributed by atoms with van der Waals surface area (Å²) in [6, 6.07) is 0.370. The Kier molecular flexibility index (Phi) is 0.986. The molecule has 0 N–H and O–H groups in total. The van der Waals surface area contributed by atoms with Crippen LogP contribution in [0.2, 0.25) is 0 Å². The van der Waals surface area contributed by atoms with Crippen molar-refractivity contribution in [3.05, 3.63) is 12.2 Å². The van der Waals surface area contributed by atoms with Gasteiger partial charge in [0.2, 0.25) is 0 Å². The molecule has 2 aliphatic heterocycles. The minimum Gasteiger partial charge on any atom is -0.226 e. The number of rotatable bonds is 0. The molecule has 1 fully saturated rings. The Morgan fingerprint density at radius 2 is 1.45 bits per heavy atom. The maximum absolute atomic E-state index is 11.3. The molecule has 1 unspecified atom stereocenters. The van der Waals surface area contributed by atoms with E-state index in [1.165, 1.54) is 12.2 Å². The first-order valence-corrected chi connectivity index (χ1v) is 3.77. The van der Waals surface area contributed by atoms with Crippen molar-refractivity contribution in [1.82, 2.24) is 0 Å². The van der Waals surface area contributed by atoms with Gasteiger partial charge in [0.25, 0.3) is 0 Å². The summed E-state index contributed by atoms with van der Waals surface area (Å²) in [4.78, 5) is 22.5. The van der Waals surface area contributed by atoms with Gasteiger partial charge in [0.15, 0.2) is 12.1 Å². The highest BCUT2D eigenvalue weighted by atomic mass is 16.2. The van der Waals surface area contributed by atoms with Crippen LogP contribution in [0.1, 0.15) is 13.8 Å². The van der Waals surface area contributed by atoms with Gasteiger partial charge in [-0.05, 0) is 13.8 Å². The van der Waals surface area contributed by atoms with Gasteiger partial charge in [-0.25, -0.2) is 9.59 Å². The van der Waals surface area contributed by atoms with Crippen molar-refractivity contribution in [2.24, 2.45) is 0 Å². The van der Waals surface area contributed by atoms with Gasteiger partial charge >= 0.3 is 11.8 Å². The molecule has 0 aromatic heterocycles. The largest absolute Gasteiger partial charge is 0.347 e. The summed E-state index contributed by atoms with van der Waals surface area (Å²) in [6.45, 7) is 3.88. The standard InChI is InChI=1S/C8H10NO2/c1-5-6(2)9(5)7(10)3-4-8(9)11/h3-6H,1-2H3/q+1/t5-,6?/m0/s1. The number of carbonyl (C=O) groups excluding carboxylic acids is 2. The first kappa shape index (κ1) is 6.73. The van der Waals surface area contributed by atoms with Crippen LogP contribution in [-0.4, -0.2) is 28.4 Å². The Hall–Kier alpha value is -0.960. The highest BCUT2D eigenvalue weighted by Gasteiger charge is 2.71. The van der Waals surface area contributed by atoms with E-state index in [1.807, 2.05) is 13.8 Å². The molecule has 2 amide bonds. The lowest BCUT2D eigenvalue weighted by molar-refractivity contribution is -0.656. The predicted octanol–water partition coefficient (Wildman–Crippen LogP) is 0.217. The van der Waals surface area contributed by atoms with E-state index in [1.54, 1.807) is 0 Å². The van der Waals surface area contributed by atoms with Gasteiger partial charge in [0.05, 0.1) is 12.2 Å². The third-order valence-electron chi connectivity index (χ3n) is 2.99. The molecular weight excluding hydrogens is 142 g/mol. The number of hydrogen-bond donors (Lipinski definition) is 0. The summed E-state index contributed by atoms with van der Waals surface area (Å²) in [5.41, 5.74) is 0. The van der Waals surface area contributed by atoms with Crippen LogP contribution in [0, 0.1) is 0 Å². The summed E-state index contributed by atoms with van der Waals surface area (Å²) in [7, 11) is 0. The molecule has 11 heavy (non-hydrogen) atoms. The maximum Gasteiger partial charge on any atom is 0.347 e. The van der Waals surface area contributed by atoms with Crippen LogP contribution in [0.4, 0.5) is 0 Å². The Balaban J connectivity index is 2.43. The first-order chi connectivity index (χ1) is 5.11. The van der Waals surface area contributed by atoms with E-state index < -0.39 is 0 Å². The summed E-state index contributed by atoms with van der Waals surface area (Å²) < 4.78 is 0.0556. The van der Waals surface area contributed by atoms with Gasteiger partial charge in [0.1, 0.15) is 0 Å². The fourth-order valence-corrected chi connectivity index (χ4v) is 1.99. The number of quaternary nitrogens is 1. The van der Waals surface area contributed by atoms with Crippen molar-refractivity contribution >= 4 is 11.8 Å². The fourth-order valence-electron chi connectivity index (χ4n) is 1.99.